The van der Waals surface area contributed by atoms with Gasteiger partial charge in [-0.2, -0.15) is 0 Å². The van der Waals surface area contributed by atoms with E-state index in [9.17, 15) is 8.42 Å². The second kappa shape index (κ2) is 9.72. The van der Waals surface area contributed by atoms with Gasteiger partial charge < -0.3 is 0 Å². The van der Waals surface area contributed by atoms with Crippen molar-refractivity contribution in [3.8, 4) is 17.1 Å². The van der Waals surface area contributed by atoms with Crippen molar-refractivity contribution in [1.82, 2.24) is 24.1 Å². The smallest absolute Gasteiger partial charge is 0.213 e. The quantitative estimate of drug-likeness (QED) is 0.368. The number of thioether (sulfide) groups is 1. The minimum absolute atomic E-state index is 0.110. The Morgan fingerprint density at radius 3 is 2.53 bits per heavy atom. The van der Waals surface area contributed by atoms with Gasteiger partial charge in [0.15, 0.2) is 11.0 Å². The van der Waals surface area contributed by atoms with Gasteiger partial charge >= 0.3 is 0 Å². The third-order valence-electron chi connectivity index (χ3n) is 4.69. The van der Waals surface area contributed by atoms with E-state index in [0.717, 1.165) is 22.2 Å². The van der Waals surface area contributed by atoms with Gasteiger partial charge in [-0.3, -0.25) is 9.55 Å². The maximum atomic E-state index is 12.0. The van der Waals surface area contributed by atoms with Crippen LogP contribution in [0.5, 0.6) is 0 Å². The molecular formula is C21H27N5O2S2. The standard InChI is InChI=1S/C21H27N5O2S2/c1-16(2)18-10-5-6-11-19(18)26-20(17-9-7-12-22-15-17)23-24-21(26)29-13-8-14-30(27,28)25(3)4/h5-7,9-12,15-16H,8,13-14H2,1-4H3. The van der Waals surface area contributed by atoms with E-state index in [1.807, 2.05) is 24.3 Å². The summed E-state index contributed by atoms with van der Waals surface area (Å²) in [6, 6.07) is 12.1. The van der Waals surface area contributed by atoms with Crippen LogP contribution in [0.2, 0.25) is 0 Å². The second-order valence-corrected chi connectivity index (χ2v) is 10.8. The summed E-state index contributed by atoms with van der Waals surface area (Å²) in [7, 11) is -0.0864. The minimum Gasteiger partial charge on any atom is -0.270 e. The zero-order valence-electron chi connectivity index (χ0n) is 17.7. The van der Waals surface area contributed by atoms with Gasteiger partial charge in [0.2, 0.25) is 10.0 Å². The van der Waals surface area contributed by atoms with E-state index < -0.39 is 10.0 Å². The first-order chi connectivity index (χ1) is 14.3. The SMILES string of the molecule is CC(C)c1ccccc1-n1c(SCCCS(=O)(=O)N(C)C)nnc1-c1cccnc1. The Kier molecular flexibility index (Phi) is 7.27. The third kappa shape index (κ3) is 5.08. The lowest BCUT2D eigenvalue weighted by Crippen LogP contribution is -2.25. The Morgan fingerprint density at radius 2 is 1.87 bits per heavy atom. The highest BCUT2D eigenvalue weighted by Crippen LogP contribution is 2.32. The van der Waals surface area contributed by atoms with Crippen molar-refractivity contribution in [3.05, 3.63) is 54.4 Å². The van der Waals surface area contributed by atoms with Gasteiger partial charge in [0.05, 0.1) is 11.4 Å². The van der Waals surface area contributed by atoms with Crippen LogP contribution in [-0.4, -0.2) is 58.1 Å². The Morgan fingerprint density at radius 1 is 1.10 bits per heavy atom. The molecule has 3 aromatic rings. The molecule has 2 heterocycles. The average Bonchev–Trinajstić information content (AvgIpc) is 3.15. The molecule has 160 valence electrons. The van der Waals surface area contributed by atoms with Crippen LogP contribution in [0, 0.1) is 0 Å². The fourth-order valence-electron chi connectivity index (χ4n) is 3.03. The van der Waals surface area contributed by atoms with Crippen molar-refractivity contribution >= 4 is 21.8 Å². The summed E-state index contributed by atoms with van der Waals surface area (Å²) in [4.78, 5) is 4.22. The average molecular weight is 446 g/mol. The van der Waals surface area contributed by atoms with Crippen LogP contribution >= 0.6 is 11.8 Å². The van der Waals surface area contributed by atoms with E-state index in [2.05, 4.69) is 45.7 Å². The van der Waals surface area contributed by atoms with Gasteiger partial charge in [-0.15, -0.1) is 10.2 Å². The molecular weight excluding hydrogens is 418 g/mol. The van der Waals surface area contributed by atoms with Crippen molar-refractivity contribution in [2.45, 2.75) is 31.3 Å². The molecule has 0 saturated carbocycles. The number of rotatable bonds is 9. The maximum Gasteiger partial charge on any atom is 0.213 e. The van der Waals surface area contributed by atoms with Crippen LogP contribution in [0.15, 0.2) is 53.9 Å². The summed E-state index contributed by atoms with van der Waals surface area (Å²) in [5.74, 6) is 1.79. The van der Waals surface area contributed by atoms with Crippen molar-refractivity contribution in [3.63, 3.8) is 0 Å². The predicted molar refractivity (Wildman–Crippen MR) is 121 cm³/mol. The molecule has 0 spiro atoms. The molecule has 9 heteroatoms. The molecule has 3 rings (SSSR count). The van der Waals surface area contributed by atoms with Gasteiger partial charge in [0.25, 0.3) is 0 Å². The molecule has 0 radical (unpaired) electrons. The second-order valence-electron chi connectivity index (χ2n) is 7.40. The molecule has 0 unspecified atom stereocenters. The number of sulfonamides is 1. The maximum absolute atomic E-state index is 12.0. The topological polar surface area (TPSA) is 81.0 Å². The van der Waals surface area contributed by atoms with E-state index in [0.29, 0.717) is 18.1 Å². The highest BCUT2D eigenvalue weighted by molar-refractivity contribution is 7.99. The normalized spacial score (nSPS) is 12.1. The van der Waals surface area contributed by atoms with Gasteiger partial charge in [-0.25, -0.2) is 12.7 Å². The molecule has 30 heavy (non-hydrogen) atoms. The third-order valence-corrected chi connectivity index (χ3v) is 7.62. The Labute approximate surface area is 182 Å². The van der Waals surface area contributed by atoms with E-state index in [4.69, 9.17) is 0 Å². The van der Waals surface area contributed by atoms with Gasteiger partial charge in [0.1, 0.15) is 0 Å². The zero-order valence-corrected chi connectivity index (χ0v) is 19.3. The Balaban J connectivity index is 1.94. The fourth-order valence-corrected chi connectivity index (χ4v) is 4.97. The summed E-state index contributed by atoms with van der Waals surface area (Å²) < 4.78 is 27.3. The lowest BCUT2D eigenvalue weighted by Gasteiger charge is -2.17. The summed E-state index contributed by atoms with van der Waals surface area (Å²) >= 11 is 1.52. The highest BCUT2D eigenvalue weighted by atomic mass is 32.2. The van der Waals surface area contributed by atoms with Gasteiger partial charge in [-0.1, -0.05) is 43.8 Å². The molecule has 2 aromatic heterocycles. The largest absolute Gasteiger partial charge is 0.270 e. The lowest BCUT2D eigenvalue weighted by atomic mass is 10.0. The van der Waals surface area contributed by atoms with Crippen molar-refractivity contribution in [1.29, 1.82) is 0 Å². The number of hydrogen-bond donors (Lipinski definition) is 0. The monoisotopic (exact) mass is 445 g/mol. The number of nitrogens with zero attached hydrogens (tertiary/aromatic N) is 5. The van der Waals surface area contributed by atoms with E-state index in [1.54, 1.807) is 26.5 Å². The number of pyridine rings is 1. The molecule has 0 aliphatic carbocycles. The molecule has 0 atom stereocenters. The van der Waals surface area contributed by atoms with E-state index in [1.165, 1.54) is 21.6 Å². The Hall–Kier alpha value is -2.23. The number of benzene rings is 1. The molecule has 0 aliphatic heterocycles. The van der Waals surface area contributed by atoms with Crippen LogP contribution in [0.4, 0.5) is 0 Å². The van der Waals surface area contributed by atoms with Crippen molar-refractivity contribution in [2.24, 2.45) is 0 Å². The number of aromatic nitrogens is 4. The van der Waals surface area contributed by atoms with E-state index >= 15 is 0 Å². The van der Waals surface area contributed by atoms with Crippen LogP contribution in [0.3, 0.4) is 0 Å². The molecule has 0 fully saturated rings. The predicted octanol–water partition coefficient (Wildman–Crippen LogP) is 3.83. The van der Waals surface area contributed by atoms with Crippen LogP contribution < -0.4 is 0 Å². The molecule has 0 amide bonds. The van der Waals surface area contributed by atoms with Crippen molar-refractivity contribution < 1.29 is 8.42 Å². The fraction of sp³-hybridized carbons (Fsp3) is 0.381. The summed E-state index contributed by atoms with van der Waals surface area (Å²) in [6.07, 6.45) is 4.04. The number of hydrogen-bond acceptors (Lipinski definition) is 6. The number of para-hydroxylation sites is 1. The molecule has 7 nitrogen and oxygen atoms in total. The van der Waals surface area contributed by atoms with Gasteiger partial charge in [-0.05, 0) is 36.1 Å². The van der Waals surface area contributed by atoms with Crippen LogP contribution in [0.25, 0.3) is 17.1 Å². The lowest BCUT2D eigenvalue weighted by molar-refractivity contribution is 0.520. The summed E-state index contributed by atoms with van der Waals surface area (Å²) in [5.41, 5.74) is 3.10. The summed E-state index contributed by atoms with van der Waals surface area (Å²) in [6.45, 7) is 4.32. The first-order valence-corrected chi connectivity index (χ1v) is 12.4. The van der Waals surface area contributed by atoms with Crippen LogP contribution in [-0.2, 0) is 10.0 Å². The first-order valence-electron chi connectivity index (χ1n) is 9.79. The molecule has 0 aliphatic rings. The molecule has 0 bridgehead atoms. The Bertz CT molecular complexity index is 1080. The minimum atomic E-state index is -3.20. The first kappa shape index (κ1) is 22.5. The van der Waals surface area contributed by atoms with Gasteiger partial charge in [0, 0.05) is 37.8 Å². The summed E-state index contributed by atoms with van der Waals surface area (Å²) in [5, 5.41) is 9.61. The molecule has 0 saturated heterocycles. The molecule has 1 aromatic carbocycles. The van der Waals surface area contributed by atoms with E-state index in [-0.39, 0.29) is 5.75 Å². The zero-order chi connectivity index (χ0) is 21.7. The highest BCUT2D eigenvalue weighted by Gasteiger charge is 2.20. The van der Waals surface area contributed by atoms with Crippen molar-refractivity contribution in [2.75, 3.05) is 25.6 Å². The molecule has 0 N–H and O–H groups in total. The van der Waals surface area contributed by atoms with Crippen LogP contribution in [0.1, 0.15) is 31.7 Å².